The van der Waals surface area contributed by atoms with E-state index in [1.54, 1.807) is 9.80 Å². The lowest BCUT2D eigenvalue weighted by Crippen LogP contribution is -2.48. The third-order valence-electron chi connectivity index (χ3n) is 6.80. The number of anilines is 2. The summed E-state index contributed by atoms with van der Waals surface area (Å²) in [4.78, 5) is 22.8. The second-order valence-corrected chi connectivity index (χ2v) is 9.49. The first-order chi connectivity index (χ1) is 17.5. The molecule has 1 aromatic heterocycles. The van der Waals surface area contributed by atoms with E-state index in [9.17, 15) is 23.1 Å². The molecule has 2 aromatic rings. The number of aliphatic hydroxyl groups is 1. The van der Waals surface area contributed by atoms with Crippen molar-refractivity contribution in [3.63, 3.8) is 0 Å². The van der Waals surface area contributed by atoms with E-state index >= 15 is 4.39 Å². The number of amides is 1. The monoisotopic (exact) mass is 526 g/mol. The first-order valence-corrected chi connectivity index (χ1v) is 12.0. The van der Waals surface area contributed by atoms with Gasteiger partial charge in [0.2, 0.25) is 11.7 Å². The predicted octanol–water partition coefficient (Wildman–Crippen LogP) is 2.18. The Morgan fingerprint density at radius 3 is 2.62 bits per heavy atom. The van der Waals surface area contributed by atoms with Crippen LogP contribution in [0.1, 0.15) is 30.5 Å². The molecule has 202 valence electrons. The van der Waals surface area contributed by atoms with Crippen LogP contribution in [0.4, 0.5) is 29.2 Å². The number of alkyl halides is 3. The molecule has 0 bridgehead atoms. The summed E-state index contributed by atoms with van der Waals surface area (Å²) in [5.74, 6) is -1.39. The predicted molar refractivity (Wildman–Crippen MR) is 127 cm³/mol. The Labute approximate surface area is 211 Å². The summed E-state index contributed by atoms with van der Waals surface area (Å²) in [6.45, 7) is 3.44. The molecule has 4 N–H and O–H groups in total. The highest BCUT2D eigenvalue weighted by Crippen LogP contribution is 2.36. The van der Waals surface area contributed by atoms with Crippen molar-refractivity contribution in [1.29, 1.82) is 0 Å². The van der Waals surface area contributed by atoms with Gasteiger partial charge in [0.05, 0.1) is 43.5 Å². The minimum atomic E-state index is -4.46. The number of nitrogens with zero attached hydrogens (tertiary/aromatic N) is 4. The Morgan fingerprint density at radius 1 is 1.24 bits per heavy atom. The normalized spacial score (nSPS) is 25.2. The highest BCUT2D eigenvalue weighted by molar-refractivity contribution is 5.75. The summed E-state index contributed by atoms with van der Waals surface area (Å²) in [5, 5.41) is 13.4. The highest BCUT2D eigenvalue weighted by Gasteiger charge is 2.35. The molecular formula is C24H30F4N6O3. The van der Waals surface area contributed by atoms with Gasteiger partial charge in [-0.1, -0.05) is 12.1 Å². The lowest BCUT2D eigenvalue weighted by Gasteiger charge is -2.41. The second-order valence-electron chi connectivity index (χ2n) is 9.49. The number of nitrogens with two attached hydrogens (primary N) is 1. The number of hydrogen-bond acceptors (Lipinski definition) is 8. The number of nitrogens with one attached hydrogen (secondary N) is 1. The molecule has 37 heavy (non-hydrogen) atoms. The van der Waals surface area contributed by atoms with Crippen LogP contribution >= 0.6 is 0 Å². The van der Waals surface area contributed by atoms with Gasteiger partial charge in [-0.25, -0.2) is 9.97 Å². The maximum Gasteiger partial charge on any atom is 0.416 e. The van der Waals surface area contributed by atoms with E-state index in [1.807, 2.05) is 6.92 Å². The molecular weight excluding hydrogens is 496 g/mol. The van der Waals surface area contributed by atoms with Crippen LogP contribution < -0.4 is 16.0 Å². The fourth-order valence-electron chi connectivity index (χ4n) is 4.86. The summed E-state index contributed by atoms with van der Waals surface area (Å²) < 4.78 is 60.3. The van der Waals surface area contributed by atoms with Crippen molar-refractivity contribution in [2.45, 2.75) is 37.7 Å². The molecule has 2 fully saturated rings. The van der Waals surface area contributed by atoms with Crippen LogP contribution in [0.3, 0.4) is 0 Å². The third kappa shape index (κ3) is 6.28. The maximum absolute atomic E-state index is 15.7. The van der Waals surface area contributed by atoms with Gasteiger partial charge >= 0.3 is 6.18 Å². The zero-order chi connectivity index (χ0) is 26.7. The number of rotatable bonds is 7. The number of β-amino-alcohol motifs (C(OH)–C–C–N with tert-alkyl or cyclic N) is 1. The van der Waals surface area contributed by atoms with E-state index in [-0.39, 0.29) is 49.8 Å². The molecule has 2 aliphatic rings. The second kappa shape index (κ2) is 11.2. The molecule has 0 unspecified atom stereocenters. The van der Waals surface area contributed by atoms with Gasteiger partial charge < -0.3 is 25.8 Å². The number of benzene rings is 1. The number of aromatic nitrogens is 2. The topological polar surface area (TPSA) is 117 Å². The fourth-order valence-corrected chi connectivity index (χ4v) is 4.86. The molecule has 2 aliphatic heterocycles. The average Bonchev–Trinajstić information content (AvgIpc) is 2.84. The molecule has 0 aliphatic carbocycles. The molecule has 0 saturated carbocycles. The Hall–Kier alpha value is -3.03. The van der Waals surface area contributed by atoms with Crippen LogP contribution in [0, 0.1) is 11.7 Å². The van der Waals surface area contributed by atoms with Crippen LogP contribution in [0.5, 0.6) is 0 Å². The van der Waals surface area contributed by atoms with Crippen molar-refractivity contribution in [1.82, 2.24) is 14.9 Å². The Kier molecular flexibility index (Phi) is 8.14. The zero-order valence-electron chi connectivity index (χ0n) is 20.3. The zero-order valence-corrected chi connectivity index (χ0v) is 20.3. The number of carbonyl (C=O) groups is 1. The van der Waals surface area contributed by atoms with Crippen LogP contribution in [-0.4, -0.2) is 77.4 Å². The van der Waals surface area contributed by atoms with Gasteiger partial charge in [0, 0.05) is 19.0 Å². The third-order valence-corrected chi connectivity index (χ3v) is 6.80. The number of carbonyl (C=O) groups excluding carboxylic acids is 1. The number of likely N-dealkylation sites (tertiary alicyclic amines) is 1. The van der Waals surface area contributed by atoms with Crippen LogP contribution in [0.25, 0.3) is 0 Å². The van der Waals surface area contributed by atoms with Gasteiger partial charge in [-0.05, 0) is 37.6 Å². The number of piperidine rings is 1. The van der Waals surface area contributed by atoms with E-state index in [0.29, 0.717) is 25.1 Å². The molecule has 0 spiro atoms. The average molecular weight is 527 g/mol. The van der Waals surface area contributed by atoms with E-state index in [0.717, 1.165) is 12.1 Å². The maximum atomic E-state index is 15.7. The van der Waals surface area contributed by atoms with Gasteiger partial charge in [0.25, 0.3) is 0 Å². The number of morpholine rings is 1. The van der Waals surface area contributed by atoms with Crippen molar-refractivity contribution in [2.75, 3.05) is 49.6 Å². The summed E-state index contributed by atoms with van der Waals surface area (Å²) in [5.41, 5.74) is 4.99. The van der Waals surface area contributed by atoms with Crippen molar-refractivity contribution in [3.8, 4) is 0 Å². The molecule has 0 radical (unpaired) electrons. The number of hydrogen-bond donors (Lipinski definition) is 3. The summed E-state index contributed by atoms with van der Waals surface area (Å²) in [6.07, 6.45) is -3.39. The van der Waals surface area contributed by atoms with Gasteiger partial charge in [0.15, 0.2) is 11.6 Å². The molecule has 3 heterocycles. The summed E-state index contributed by atoms with van der Waals surface area (Å²) in [6, 6.07) is 3.86. The molecule has 1 amide bonds. The van der Waals surface area contributed by atoms with Gasteiger partial charge in [-0.2, -0.15) is 17.6 Å². The molecule has 2 saturated heterocycles. The van der Waals surface area contributed by atoms with E-state index in [4.69, 9.17) is 10.5 Å². The van der Waals surface area contributed by atoms with E-state index < -0.39 is 35.6 Å². The SMILES string of the molecule is C[C@@H]1COC[C@H](c2ccc(C(F)(F)F)cc2)N1c1ncnc(NC[C@@H]2CCN(CC(N)=O)C[C@H]2O)c1F. The lowest BCUT2D eigenvalue weighted by molar-refractivity contribution is -0.137. The van der Waals surface area contributed by atoms with Gasteiger partial charge in [0.1, 0.15) is 6.33 Å². The summed E-state index contributed by atoms with van der Waals surface area (Å²) >= 11 is 0. The Morgan fingerprint density at radius 2 is 1.97 bits per heavy atom. The quantitative estimate of drug-likeness (QED) is 0.470. The van der Waals surface area contributed by atoms with Crippen LogP contribution in [-0.2, 0) is 15.7 Å². The van der Waals surface area contributed by atoms with Crippen LogP contribution in [0.15, 0.2) is 30.6 Å². The van der Waals surface area contributed by atoms with Crippen molar-refractivity contribution in [3.05, 3.63) is 47.5 Å². The summed E-state index contributed by atoms with van der Waals surface area (Å²) in [7, 11) is 0. The minimum Gasteiger partial charge on any atom is -0.391 e. The molecule has 1 aromatic carbocycles. The standard InChI is InChI=1S/C24H30F4N6O3/c1-14-11-37-12-18(15-2-4-17(5-3-15)24(26,27)28)34(14)23-21(25)22(31-13-32-23)30-8-16-6-7-33(9-19(16)35)10-20(29)36/h2-5,13-14,16,18-19,35H,6-12H2,1H3,(H2,29,36)(H,30,31,32)/t14-,16+,18-,19-/m1/s1. The van der Waals surface area contributed by atoms with Crippen molar-refractivity contribution in [2.24, 2.45) is 11.7 Å². The molecule has 9 nitrogen and oxygen atoms in total. The fraction of sp³-hybridized carbons (Fsp3) is 0.542. The molecule has 13 heteroatoms. The molecule has 4 atom stereocenters. The minimum absolute atomic E-state index is 0.00928. The largest absolute Gasteiger partial charge is 0.416 e. The van der Waals surface area contributed by atoms with Crippen LogP contribution in [0.2, 0.25) is 0 Å². The smallest absolute Gasteiger partial charge is 0.391 e. The van der Waals surface area contributed by atoms with Gasteiger partial charge in [-0.15, -0.1) is 0 Å². The Balaban J connectivity index is 1.50. The number of aliphatic hydroxyl groups excluding tert-OH is 1. The number of primary amides is 1. The van der Waals surface area contributed by atoms with E-state index in [2.05, 4.69) is 15.3 Å². The first-order valence-electron chi connectivity index (χ1n) is 12.0. The lowest BCUT2D eigenvalue weighted by atomic mass is 9.93. The van der Waals surface area contributed by atoms with E-state index in [1.165, 1.54) is 18.5 Å². The first kappa shape index (κ1) is 27.0. The van der Waals surface area contributed by atoms with Crippen molar-refractivity contribution < 1.29 is 32.2 Å². The highest BCUT2D eigenvalue weighted by atomic mass is 19.4. The van der Waals surface area contributed by atoms with Crippen molar-refractivity contribution >= 4 is 17.5 Å². The number of halogens is 4. The Bertz CT molecular complexity index is 1090. The van der Waals surface area contributed by atoms with Gasteiger partial charge in [-0.3, -0.25) is 9.69 Å². The number of ether oxygens (including phenoxy) is 1. The molecule has 4 rings (SSSR count).